The summed E-state index contributed by atoms with van der Waals surface area (Å²) in [4.78, 5) is 12.2. The zero-order valence-corrected chi connectivity index (χ0v) is 16.1. The van der Waals surface area contributed by atoms with Crippen LogP contribution in [0, 0.1) is 17.8 Å². The average Bonchev–Trinajstić information content (AvgIpc) is 2.63. The van der Waals surface area contributed by atoms with E-state index in [1.807, 2.05) is 0 Å². The van der Waals surface area contributed by atoms with Crippen LogP contribution in [-0.4, -0.2) is 6.03 Å². The molecule has 0 saturated heterocycles. The van der Waals surface area contributed by atoms with Crippen LogP contribution in [0.3, 0.4) is 0 Å². The van der Waals surface area contributed by atoms with Crippen molar-refractivity contribution in [1.29, 1.82) is 0 Å². The van der Waals surface area contributed by atoms with Gasteiger partial charge in [0, 0.05) is 16.4 Å². The molecular formula is C23H25ClN2O. The quantitative estimate of drug-likeness (QED) is 0.630. The molecular weight excluding hydrogens is 356 g/mol. The Hall–Kier alpha value is -2.00. The van der Waals surface area contributed by atoms with Crippen molar-refractivity contribution in [3.05, 3.63) is 59.1 Å². The number of hydrogen-bond donors (Lipinski definition) is 2. The summed E-state index contributed by atoms with van der Waals surface area (Å²) in [7, 11) is 0. The van der Waals surface area contributed by atoms with Crippen molar-refractivity contribution < 1.29 is 4.79 Å². The molecule has 2 aromatic rings. The highest BCUT2D eigenvalue weighted by Crippen LogP contribution is 2.60. The summed E-state index contributed by atoms with van der Waals surface area (Å²) in [5, 5.41) is 6.41. The average molecular weight is 381 g/mol. The number of carbonyl (C=O) groups is 1. The van der Waals surface area contributed by atoms with Crippen molar-refractivity contribution >= 4 is 29.0 Å². The fraction of sp³-hybridized carbons (Fsp3) is 0.435. The lowest BCUT2D eigenvalue weighted by molar-refractivity contribution is -0.00518. The molecule has 0 radical (unpaired) electrons. The molecule has 2 aromatic carbocycles. The van der Waals surface area contributed by atoms with Crippen LogP contribution in [0.1, 0.15) is 44.1 Å². The summed E-state index contributed by atoms with van der Waals surface area (Å²) in [5.41, 5.74) is 3.43. The Morgan fingerprint density at radius 2 is 1.22 bits per heavy atom. The Bertz CT molecular complexity index is 808. The molecule has 2 N–H and O–H groups in total. The number of hydrogen-bond acceptors (Lipinski definition) is 1. The largest absolute Gasteiger partial charge is 0.323 e. The van der Waals surface area contributed by atoms with E-state index in [4.69, 9.17) is 11.6 Å². The molecule has 0 atom stereocenters. The Labute approximate surface area is 165 Å². The van der Waals surface area contributed by atoms with Crippen LogP contribution in [0.25, 0.3) is 0 Å². The minimum atomic E-state index is -0.236. The SMILES string of the molecule is O=C(Nc1ccc(Cl)cc1)Nc1ccc(C23CC4CC(CC(C4)C2)C3)cc1. The van der Waals surface area contributed by atoms with E-state index in [0.29, 0.717) is 10.4 Å². The number of halogens is 1. The van der Waals surface area contributed by atoms with Gasteiger partial charge in [-0.2, -0.15) is 0 Å². The number of anilines is 2. The monoisotopic (exact) mass is 380 g/mol. The van der Waals surface area contributed by atoms with Gasteiger partial charge in [0.25, 0.3) is 0 Å². The fourth-order valence-corrected chi connectivity index (χ4v) is 6.32. The molecule has 27 heavy (non-hydrogen) atoms. The third kappa shape index (κ3) is 3.34. The van der Waals surface area contributed by atoms with Gasteiger partial charge in [-0.3, -0.25) is 0 Å². The number of benzene rings is 2. The summed E-state index contributed by atoms with van der Waals surface area (Å²) >= 11 is 5.88. The van der Waals surface area contributed by atoms with Crippen molar-refractivity contribution in [2.24, 2.45) is 17.8 Å². The first-order valence-electron chi connectivity index (χ1n) is 10.0. The summed E-state index contributed by atoms with van der Waals surface area (Å²) in [6.07, 6.45) is 8.48. The van der Waals surface area contributed by atoms with Crippen LogP contribution in [-0.2, 0) is 5.41 Å². The van der Waals surface area contributed by atoms with Crippen molar-refractivity contribution in [1.82, 2.24) is 0 Å². The Kier molecular flexibility index (Phi) is 4.16. The van der Waals surface area contributed by atoms with Gasteiger partial charge >= 0.3 is 6.03 Å². The summed E-state index contributed by atoms with van der Waals surface area (Å²) < 4.78 is 0. The molecule has 4 aliphatic carbocycles. The van der Waals surface area contributed by atoms with Crippen molar-refractivity contribution in [3.8, 4) is 0 Å². The van der Waals surface area contributed by atoms with Gasteiger partial charge in [-0.05, 0) is 104 Å². The summed E-state index contributed by atoms with van der Waals surface area (Å²) in [5.74, 6) is 2.83. The Balaban J connectivity index is 1.27. The molecule has 6 rings (SSSR count). The highest BCUT2D eigenvalue weighted by Gasteiger charge is 2.51. The predicted octanol–water partition coefficient (Wildman–Crippen LogP) is 6.45. The lowest BCUT2D eigenvalue weighted by Crippen LogP contribution is -2.48. The van der Waals surface area contributed by atoms with Crippen LogP contribution in [0.4, 0.5) is 16.2 Å². The number of carbonyl (C=O) groups excluding carboxylic acids is 1. The molecule has 140 valence electrons. The zero-order chi connectivity index (χ0) is 18.4. The molecule has 4 saturated carbocycles. The molecule has 0 spiro atoms. The van der Waals surface area contributed by atoms with Crippen LogP contribution in [0.2, 0.25) is 5.02 Å². The predicted molar refractivity (Wildman–Crippen MR) is 110 cm³/mol. The molecule has 3 nitrogen and oxygen atoms in total. The zero-order valence-electron chi connectivity index (χ0n) is 15.4. The molecule has 0 aromatic heterocycles. The van der Waals surface area contributed by atoms with Gasteiger partial charge in [0.2, 0.25) is 0 Å². The minimum Gasteiger partial charge on any atom is -0.308 e. The smallest absolute Gasteiger partial charge is 0.308 e. The Morgan fingerprint density at radius 3 is 1.70 bits per heavy atom. The molecule has 0 heterocycles. The van der Waals surface area contributed by atoms with E-state index in [0.717, 1.165) is 29.1 Å². The molecule has 4 aliphatic rings. The first-order valence-corrected chi connectivity index (χ1v) is 10.4. The standard InChI is InChI=1S/C23H25ClN2O/c24-19-3-7-21(8-4-19)26-22(27)25-20-5-1-18(2-6-20)23-12-15-9-16(13-23)11-17(10-15)14-23/h1-8,15-17H,9-14H2,(H2,25,26,27). The van der Waals surface area contributed by atoms with E-state index < -0.39 is 0 Å². The molecule has 0 aliphatic heterocycles. The highest BCUT2D eigenvalue weighted by atomic mass is 35.5. The second kappa shape index (κ2) is 6.56. The van der Waals surface area contributed by atoms with E-state index >= 15 is 0 Å². The number of rotatable bonds is 3. The van der Waals surface area contributed by atoms with E-state index in [2.05, 4.69) is 34.9 Å². The summed E-state index contributed by atoms with van der Waals surface area (Å²) in [6, 6.07) is 15.5. The minimum absolute atomic E-state index is 0.236. The van der Waals surface area contributed by atoms with Gasteiger partial charge in [0.05, 0.1) is 0 Å². The lowest BCUT2D eigenvalue weighted by atomic mass is 9.48. The Morgan fingerprint density at radius 1 is 0.778 bits per heavy atom. The molecule has 4 fully saturated rings. The topological polar surface area (TPSA) is 41.1 Å². The highest BCUT2D eigenvalue weighted by molar-refractivity contribution is 6.30. The lowest BCUT2D eigenvalue weighted by Gasteiger charge is -2.57. The van der Waals surface area contributed by atoms with Crippen molar-refractivity contribution in [2.45, 2.75) is 43.9 Å². The van der Waals surface area contributed by atoms with E-state index in [1.54, 1.807) is 24.3 Å². The molecule has 4 bridgehead atoms. The van der Waals surface area contributed by atoms with Crippen LogP contribution in [0.5, 0.6) is 0 Å². The normalized spacial score (nSPS) is 30.9. The molecule has 0 unspecified atom stereocenters. The van der Waals surface area contributed by atoms with Gasteiger partial charge in [0.15, 0.2) is 0 Å². The third-order valence-electron chi connectivity index (χ3n) is 6.90. The van der Waals surface area contributed by atoms with Gasteiger partial charge in [-0.15, -0.1) is 0 Å². The van der Waals surface area contributed by atoms with Crippen molar-refractivity contribution in [2.75, 3.05) is 10.6 Å². The number of nitrogens with one attached hydrogen (secondary N) is 2. The number of amides is 2. The first kappa shape index (κ1) is 17.1. The van der Waals surface area contributed by atoms with Gasteiger partial charge in [-0.25, -0.2) is 4.79 Å². The summed E-state index contributed by atoms with van der Waals surface area (Å²) in [6.45, 7) is 0. The maximum atomic E-state index is 12.2. The third-order valence-corrected chi connectivity index (χ3v) is 7.15. The van der Waals surface area contributed by atoms with E-state index in [1.165, 1.54) is 44.1 Å². The van der Waals surface area contributed by atoms with Crippen LogP contribution >= 0.6 is 11.6 Å². The maximum absolute atomic E-state index is 12.2. The van der Waals surface area contributed by atoms with E-state index in [9.17, 15) is 4.79 Å². The number of urea groups is 1. The molecule has 2 amide bonds. The fourth-order valence-electron chi connectivity index (χ4n) is 6.20. The van der Waals surface area contributed by atoms with Crippen LogP contribution in [0.15, 0.2) is 48.5 Å². The second-order valence-electron chi connectivity index (χ2n) is 8.86. The van der Waals surface area contributed by atoms with Crippen molar-refractivity contribution in [3.63, 3.8) is 0 Å². The second-order valence-corrected chi connectivity index (χ2v) is 9.30. The maximum Gasteiger partial charge on any atom is 0.323 e. The molecule has 4 heteroatoms. The van der Waals surface area contributed by atoms with Gasteiger partial charge < -0.3 is 10.6 Å². The van der Waals surface area contributed by atoms with Crippen LogP contribution < -0.4 is 10.6 Å². The van der Waals surface area contributed by atoms with E-state index in [-0.39, 0.29) is 6.03 Å². The van der Waals surface area contributed by atoms with Gasteiger partial charge in [0.1, 0.15) is 0 Å². The van der Waals surface area contributed by atoms with Gasteiger partial charge in [-0.1, -0.05) is 23.7 Å². The first-order chi connectivity index (χ1) is 13.1.